The van der Waals surface area contributed by atoms with E-state index in [9.17, 15) is 13.9 Å². The summed E-state index contributed by atoms with van der Waals surface area (Å²) in [6.07, 6.45) is 2.64. The van der Waals surface area contributed by atoms with Crippen LogP contribution in [0.4, 0.5) is 8.78 Å². The summed E-state index contributed by atoms with van der Waals surface area (Å²) in [5.41, 5.74) is 0.0114. The van der Waals surface area contributed by atoms with Gasteiger partial charge in [0.2, 0.25) is 0 Å². The summed E-state index contributed by atoms with van der Waals surface area (Å²) in [5, 5.41) is 9.67. The number of hydrogen-bond acceptors (Lipinski definition) is 2. The number of halogens is 2. The van der Waals surface area contributed by atoms with Gasteiger partial charge in [-0.1, -0.05) is 0 Å². The van der Waals surface area contributed by atoms with E-state index in [0.717, 1.165) is 25.0 Å². The Morgan fingerprint density at radius 2 is 1.94 bits per heavy atom. The van der Waals surface area contributed by atoms with Crippen molar-refractivity contribution < 1.29 is 18.6 Å². The molecule has 0 saturated heterocycles. The second-order valence-electron chi connectivity index (χ2n) is 4.30. The molecule has 0 spiro atoms. The molecule has 1 aromatic carbocycles. The topological polar surface area (TPSA) is 29.5 Å². The molecule has 0 amide bonds. The molecule has 0 bridgehead atoms. The molecule has 2 nitrogen and oxygen atoms in total. The standard InChI is InChI=1S/C12H14F2O2/c1-16-11-7-10(14)9(13)6-8(11)2-3-12(15)4-5-12/h6-7,15H,2-5H2,1H3. The Labute approximate surface area is 92.9 Å². The Balaban J connectivity index is 2.14. The maximum absolute atomic E-state index is 13.0. The van der Waals surface area contributed by atoms with Crippen LogP contribution in [-0.4, -0.2) is 17.8 Å². The van der Waals surface area contributed by atoms with E-state index in [1.165, 1.54) is 7.11 Å². The molecule has 1 fully saturated rings. The van der Waals surface area contributed by atoms with E-state index in [-0.39, 0.29) is 0 Å². The third-order valence-corrected chi connectivity index (χ3v) is 3.01. The summed E-state index contributed by atoms with van der Waals surface area (Å²) in [6.45, 7) is 0. The average Bonchev–Trinajstić information content (AvgIpc) is 2.98. The summed E-state index contributed by atoms with van der Waals surface area (Å²) < 4.78 is 30.9. The number of aliphatic hydroxyl groups is 1. The van der Waals surface area contributed by atoms with Crippen molar-refractivity contribution >= 4 is 0 Å². The van der Waals surface area contributed by atoms with E-state index in [4.69, 9.17) is 4.74 Å². The predicted molar refractivity (Wildman–Crippen MR) is 55.4 cm³/mol. The van der Waals surface area contributed by atoms with Crippen molar-refractivity contribution in [2.24, 2.45) is 0 Å². The molecule has 1 aliphatic carbocycles. The lowest BCUT2D eigenvalue weighted by Gasteiger charge is -2.11. The minimum atomic E-state index is -0.911. The van der Waals surface area contributed by atoms with Crippen molar-refractivity contribution in [1.82, 2.24) is 0 Å². The van der Waals surface area contributed by atoms with E-state index in [1.54, 1.807) is 0 Å². The average molecular weight is 228 g/mol. The van der Waals surface area contributed by atoms with Crippen LogP contribution in [0.15, 0.2) is 12.1 Å². The summed E-state index contributed by atoms with van der Waals surface area (Å²) in [4.78, 5) is 0. The molecule has 0 aliphatic heterocycles. The molecule has 1 aromatic rings. The van der Waals surface area contributed by atoms with Crippen LogP contribution in [0, 0.1) is 11.6 Å². The fourth-order valence-corrected chi connectivity index (χ4v) is 1.72. The van der Waals surface area contributed by atoms with Gasteiger partial charge in [-0.3, -0.25) is 0 Å². The van der Waals surface area contributed by atoms with Crippen molar-refractivity contribution in [2.75, 3.05) is 7.11 Å². The van der Waals surface area contributed by atoms with E-state index >= 15 is 0 Å². The minimum Gasteiger partial charge on any atom is -0.496 e. The molecule has 2 rings (SSSR count). The SMILES string of the molecule is COc1cc(F)c(F)cc1CCC1(O)CC1. The first-order valence-electron chi connectivity index (χ1n) is 5.28. The zero-order chi connectivity index (χ0) is 11.8. The van der Waals surface area contributed by atoms with Crippen LogP contribution in [0.1, 0.15) is 24.8 Å². The van der Waals surface area contributed by atoms with E-state index in [2.05, 4.69) is 0 Å². The molecule has 0 heterocycles. The molecule has 0 radical (unpaired) electrons. The Bertz CT molecular complexity index is 400. The lowest BCUT2D eigenvalue weighted by atomic mass is 10.0. The van der Waals surface area contributed by atoms with Crippen molar-refractivity contribution in [1.29, 1.82) is 0 Å². The first kappa shape index (κ1) is 11.3. The lowest BCUT2D eigenvalue weighted by molar-refractivity contribution is 0.140. The molecule has 0 aromatic heterocycles. The summed E-state index contributed by atoms with van der Waals surface area (Å²) in [5.74, 6) is -1.45. The third-order valence-electron chi connectivity index (χ3n) is 3.01. The normalized spacial score (nSPS) is 17.2. The molecule has 88 valence electrons. The fraction of sp³-hybridized carbons (Fsp3) is 0.500. The molecule has 0 unspecified atom stereocenters. The van der Waals surface area contributed by atoms with Gasteiger partial charge in [-0.2, -0.15) is 0 Å². The summed E-state index contributed by atoms with van der Waals surface area (Å²) in [6, 6.07) is 2.18. The molecule has 1 N–H and O–H groups in total. The van der Waals surface area contributed by atoms with Gasteiger partial charge in [0.15, 0.2) is 11.6 Å². The van der Waals surface area contributed by atoms with Crippen LogP contribution in [0.3, 0.4) is 0 Å². The van der Waals surface area contributed by atoms with Gasteiger partial charge in [0.25, 0.3) is 0 Å². The van der Waals surface area contributed by atoms with E-state index in [1.807, 2.05) is 0 Å². The number of methoxy groups -OCH3 is 1. The maximum atomic E-state index is 13.0. The van der Waals surface area contributed by atoms with Crippen LogP contribution in [0.2, 0.25) is 0 Å². The van der Waals surface area contributed by atoms with Crippen LogP contribution in [0.25, 0.3) is 0 Å². The predicted octanol–water partition coefficient (Wildman–Crippen LogP) is 2.43. The largest absolute Gasteiger partial charge is 0.496 e. The molecular weight excluding hydrogens is 214 g/mol. The minimum absolute atomic E-state index is 0.336. The van der Waals surface area contributed by atoms with Crippen molar-refractivity contribution in [3.63, 3.8) is 0 Å². The van der Waals surface area contributed by atoms with Crippen LogP contribution < -0.4 is 4.74 Å². The van der Waals surface area contributed by atoms with Gasteiger partial charge in [-0.25, -0.2) is 8.78 Å². The van der Waals surface area contributed by atoms with Gasteiger partial charge in [0, 0.05) is 6.07 Å². The van der Waals surface area contributed by atoms with E-state index in [0.29, 0.717) is 24.2 Å². The highest BCUT2D eigenvalue weighted by Gasteiger charge is 2.39. The summed E-state index contributed by atoms with van der Waals surface area (Å²) in [7, 11) is 1.42. The molecule has 16 heavy (non-hydrogen) atoms. The molecular formula is C12H14F2O2. The first-order chi connectivity index (χ1) is 7.54. The Morgan fingerprint density at radius 3 is 2.50 bits per heavy atom. The molecule has 0 atom stereocenters. The number of hydrogen-bond donors (Lipinski definition) is 1. The van der Waals surface area contributed by atoms with E-state index < -0.39 is 17.2 Å². The first-order valence-corrected chi connectivity index (χ1v) is 5.28. The highest BCUT2D eigenvalue weighted by Crippen LogP contribution is 2.40. The monoisotopic (exact) mass is 228 g/mol. The number of aryl methyl sites for hydroxylation is 1. The van der Waals surface area contributed by atoms with Gasteiger partial charge in [-0.15, -0.1) is 0 Å². The smallest absolute Gasteiger partial charge is 0.162 e. The van der Waals surface area contributed by atoms with Crippen LogP contribution >= 0.6 is 0 Å². The van der Waals surface area contributed by atoms with Crippen LogP contribution in [0.5, 0.6) is 5.75 Å². The van der Waals surface area contributed by atoms with Gasteiger partial charge in [0.1, 0.15) is 5.75 Å². The van der Waals surface area contributed by atoms with Gasteiger partial charge in [0.05, 0.1) is 12.7 Å². The van der Waals surface area contributed by atoms with Gasteiger partial charge < -0.3 is 9.84 Å². The highest BCUT2D eigenvalue weighted by atomic mass is 19.2. The van der Waals surface area contributed by atoms with Crippen molar-refractivity contribution in [2.45, 2.75) is 31.3 Å². The summed E-state index contributed by atoms with van der Waals surface area (Å²) >= 11 is 0. The number of ether oxygens (including phenoxy) is 1. The van der Waals surface area contributed by atoms with Gasteiger partial charge in [-0.05, 0) is 37.3 Å². The van der Waals surface area contributed by atoms with Crippen molar-refractivity contribution in [3.05, 3.63) is 29.3 Å². The zero-order valence-corrected chi connectivity index (χ0v) is 9.09. The van der Waals surface area contributed by atoms with Crippen LogP contribution in [-0.2, 0) is 6.42 Å². The van der Waals surface area contributed by atoms with Gasteiger partial charge >= 0.3 is 0 Å². The number of benzene rings is 1. The fourth-order valence-electron chi connectivity index (χ4n) is 1.72. The number of rotatable bonds is 4. The Hall–Kier alpha value is -1.16. The second-order valence-corrected chi connectivity index (χ2v) is 4.30. The molecule has 1 saturated carbocycles. The maximum Gasteiger partial charge on any atom is 0.162 e. The second kappa shape index (κ2) is 4.01. The molecule has 1 aliphatic rings. The Kier molecular flexibility index (Phi) is 2.84. The Morgan fingerprint density at radius 1 is 1.31 bits per heavy atom. The third kappa shape index (κ3) is 2.32. The highest BCUT2D eigenvalue weighted by molar-refractivity contribution is 5.35. The quantitative estimate of drug-likeness (QED) is 0.857. The zero-order valence-electron chi connectivity index (χ0n) is 9.09. The lowest BCUT2D eigenvalue weighted by Crippen LogP contribution is -2.08. The molecule has 4 heteroatoms. The van der Waals surface area contributed by atoms with Crippen molar-refractivity contribution in [3.8, 4) is 5.75 Å².